The number of aromatic nitrogens is 1. The molecule has 0 unspecified atom stereocenters. The molecule has 4 heteroatoms. The first-order chi connectivity index (χ1) is 6.38. The van der Waals surface area contributed by atoms with Gasteiger partial charge in [-0.05, 0) is 12.8 Å². The Labute approximate surface area is 80.8 Å². The third-order valence-electron chi connectivity index (χ3n) is 2.27. The fraction of sp³-hybridized carbons (Fsp3) is 0.556. The normalized spacial score (nSPS) is 18.8. The smallest absolute Gasteiger partial charge is 0.177 e. The molecule has 1 aliphatic rings. The van der Waals surface area contributed by atoms with Crippen molar-refractivity contribution in [3.05, 3.63) is 16.6 Å². The molecule has 0 radical (unpaired) electrons. The number of Topliss-reactive ketones (excluding diaryl/α,β-unsaturated/α-hetero) is 1. The Kier molecular flexibility index (Phi) is 2.71. The van der Waals surface area contributed by atoms with Gasteiger partial charge in [-0.15, -0.1) is 11.3 Å². The van der Waals surface area contributed by atoms with E-state index in [1.807, 2.05) is 0 Å². The van der Waals surface area contributed by atoms with E-state index in [1.165, 1.54) is 11.3 Å². The van der Waals surface area contributed by atoms with E-state index in [1.54, 1.807) is 11.7 Å². The van der Waals surface area contributed by atoms with Crippen LogP contribution in [0.5, 0.6) is 0 Å². The maximum atomic E-state index is 11.8. The molecule has 0 saturated carbocycles. The van der Waals surface area contributed by atoms with Gasteiger partial charge < -0.3 is 4.74 Å². The molecule has 2 heterocycles. The van der Waals surface area contributed by atoms with Crippen LogP contribution in [0.15, 0.2) is 11.7 Å². The Hall–Kier alpha value is -0.740. The zero-order chi connectivity index (χ0) is 9.10. The van der Waals surface area contributed by atoms with Crippen LogP contribution < -0.4 is 0 Å². The number of carbonyl (C=O) groups is 1. The van der Waals surface area contributed by atoms with Crippen LogP contribution in [0.4, 0.5) is 0 Å². The van der Waals surface area contributed by atoms with Gasteiger partial charge in [-0.1, -0.05) is 0 Å². The summed E-state index contributed by atoms with van der Waals surface area (Å²) in [5, 5.41) is 0. The molecule has 0 bridgehead atoms. The number of ether oxygens (including phenoxy) is 1. The molecule has 13 heavy (non-hydrogen) atoms. The SMILES string of the molecule is O=C(c1cncs1)C1CCOCC1. The Morgan fingerprint density at radius 1 is 1.54 bits per heavy atom. The summed E-state index contributed by atoms with van der Waals surface area (Å²) in [6, 6.07) is 0. The van der Waals surface area contributed by atoms with E-state index >= 15 is 0 Å². The first-order valence-electron chi connectivity index (χ1n) is 4.38. The van der Waals surface area contributed by atoms with Gasteiger partial charge in [0.2, 0.25) is 0 Å². The Bertz CT molecular complexity index is 278. The summed E-state index contributed by atoms with van der Waals surface area (Å²) in [5.74, 6) is 0.403. The van der Waals surface area contributed by atoms with Crippen LogP contribution in [0.25, 0.3) is 0 Å². The topological polar surface area (TPSA) is 39.2 Å². The zero-order valence-corrected chi connectivity index (χ0v) is 8.05. The van der Waals surface area contributed by atoms with Crippen molar-refractivity contribution in [1.29, 1.82) is 0 Å². The minimum Gasteiger partial charge on any atom is -0.381 e. The highest BCUT2D eigenvalue weighted by Crippen LogP contribution is 2.21. The van der Waals surface area contributed by atoms with Crippen molar-refractivity contribution < 1.29 is 9.53 Å². The molecule has 1 aliphatic heterocycles. The summed E-state index contributed by atoms with van der Waals surface area (Å²) < 4.78 is 5.20. The second-order valence-electron chi connectivity index (χ2n) is 3.12. The van der Waals surface area contributed by atoms with Crippen molar-refractivity contribution in [3.8, 4) is 0 Å². The lowest BCUT2D eigenvalue weighted by molar-refractivity contribution is 0.0547. The van der Waals surface area contributed by atoms with Crippen LogP contribution >= 0.6 is 11.3 Å². The minimum absolute atomic E-state index is 0.161. The van der Waals surface area contributed by atoms with Gasteiger partial charge in [-0.25, -0.2) is 0 Å². The Balaban J connectivity index is 2.04. The summed E-state index contributed by atoms with van der Waals surface area (Å²) in [4.78, 5) is 16.5. The van der Waals surface area contributed by atoms with Gasteiger partial charge in [0.15, 0.2) is 5.78 Å². The zero-order valence-electron chi connectivity index (χ0n) is 7.23. The number of carbonyl (C=O) groups excluding carboxylic acids is 1. The van der Waals surface area contributed by atoms with Gasteiger partial charge in [0.1, 0.15) is 0 Å². The van der Waals surface area contributed by atoms with Gasteiger partial charge in [0.05, 0.1) is 10.4 Å². The van der Waals surface area contributed by atoms with E-state index in [0.29, 0.717) is 0 Å². The molecule has 3 nitrogen and oxygen atoms in total. The van der Waals surface area contributed by atoms with Crippen molar-refractivity contribution in [2.45, 2.75) is 12.8 Å². The second-order valence-corrected chi connectivity index (χ2v) is 4.00. The van der Waals surface area contributed by atoms with Gasteiger partial charge in [0.25, 0.3) is 0 Å². The molecule has 0 spiro atoms. The number of ketones is 1. The molecule has 2 rings (SSSR count). The maximum absolute atomic E-state index is 11.8. The fourth-order valence-electron chi connectivity index (χ4n) is 1.50. The van der Waals surface area contributed by atoms with E-state index < -0.39 is 0 Å². The summed E-state index contributed by atoms with van der Waals surface area (Å²) >= 11 is 1.42. The number of hydrogen-bond donors (Lipinski definition) is 0. The predicted molar refractivity (Wildman–Crippen MR) is 50.0 cm³/mol. The van der Waals surface area contributed by atoms with E-state index in [-0.39, 0.29) is 11.7 Å². The first-order valence-corrected chi connectivity index (χ1v) is 5.26. The number of hydrogen-bond acceptors (Lipinski definition) is 4. The third kappa shape index (κ3) is 1.95. The Morgan fingerprint density at radius 3 is 2.92 bits per heavy atom. The van der Waals surface area contributed by atoms with Crippen LogP contribution in [0, 0.1) is 5.92 Å². The van der Waals surface area contributed by atoms with Crippen LogP contribution in [0.3, 0.4) is 0 Å². The van der Waals surface area contributed by atoms with Crippen molar-refractivity contribution in [1.82, 2.24) is 4.98 Å². The lowest BCUT2D eigenvalue weighted by Gasteiger charge is -2.19. The molecule has 70 valence electrons. The summed E-state index contributed by atoms with van der Waals surface area (Å²) in [5.41, 5.74) is 1.70. The fourth-order valence-corrected chi connectivity index (χ4v) is 2.14. The molecule has 0 N–H and O–H groups in total. The van der Waals surface area contributed by atoms with Crippen molar-refractivity contribution in [3.63, 3.8) is 0 Å². The van der Waals surface area contributed by atoms with Crippen molar-refractivity contribution >= 4 is 17.1 Å². The minimum atomic E-state index is 0.161. The summed E-state index contributed by atoms with van der Waals surface area (Å²) in [6.45, 7) is 1.43. The quantitative estimate of drug-likeness (QED) is 0.678. The highest BCUT2D eigenvalue weighted by atomic mass is 32.1. The van der Waals surface area contributed by atoms with Crippen molar-refractivity contribution in [2.75, 3.05) is 13.2 Å². The van der Waals surface area contributed by atoms with Crippen molar-refractivity contribution in [2.24, 2.45) is 5.92 Å². The lowest BCUT2D eigenvalue weighted by atomic mass is 9.95. The van der Waals surface area contributed by atoms with E-state index in [0.717, 1.165) is 30.9 Å². The third-order valence-corrected chi connectivity index (χ3v) is 3.05. The van der Waals surface area contributed by atoms with Gasteiger partial charge in [-0.2, -0.15) is 0 Å². The molecule has 1 saturated heterocycles. The molecular weight excluding hydrogens is 186 g/mol. The summed E-state index contributed by atoms with van der Waals surface area (Å²) in [7, 11) is 0. The molecular formula is C9H11NO2S. The van der Waals surface area contributed by atoms with Crippen LogP contribution in [-0.2, 0) is 4.74 Å². The molecule has 0 aromatic carbocycles. The van der Waals surface area contributed by atoms with Crippen LogP contribution in [-0.4, -0.2) is 24.0 Å². The second kappa shape index (κ2) is 3.98. The standard InChI is InChI=1S/C9H11NO2S/c11-9(8-5-10-6-13-8)7-1-3-12-4-2-7/h5-7H,1-4H2. The highest BCUT2D eigenvalue weighted by Gasteiger charge is 2.23. The van der Waals surface area contributed by atoms with Gasteiger partial charge in [-0.3, -0.25) is 9.78 Å². The summed E-state index contributed by atoms with van der Waals surface area (Å²) in [6.07, 6.45) is 3.37. The first kappa shape index (κ1) is 8.84. The van der Waals surface area contributed by atoms with Crippen LogP contribution in [0.2, 0.25) is 0 Å². The molecule has 1 fully saturated rings. The largest absolute Gasteiger partial charge is 0.381 e. The molecule has 0 atom stereocenters. The Morgan fingerprint density at radius 2 is 2.31 bits per heavy atom. The monoisotopic (exact) mass is 197 g/mol. The number of thiazole rings is 1. The van der Waals surface area contributed by atoms with E-state index in [4.69, 9.17) is 4.74 Å². The van der Waals surface area contributed by atoms with Crippen LogP contribution in [0.1, 0.15) is 22.5 Å². The average molecular weight is 197 g/mol. The molecule has 0 amide bonds. The lowest BCUT2D eigenvalue weighted by Crippen LogP contribution is -2.22. The highest BCUT2D eigenvalue weighted by molar-refractivity contribution is 7.11. The van der Waals surface area contributed by atoms with E-state index in [2.05, 4.69) is 4.98 Å². The number of nitrogens with zero attached hydrogens (tertiary/aromatic N) is 1. The molecule has 0 aliphatic carbocycles. The number of rotatable bonds is 2. The maximum Gasteiger partial charge on any atom is 0.177 e. The predicted octanol–water partition coefficient (Wildman–Crippen LogP) is 1.75. The van der Waals surface area contributed by atoms with E-state index in [9.17, 15) is 4.79 Å². The molecule has 1 aromatic heterocycles. The van der Waals surface area contributed by atoms with Gasteiger partial charge >= 0.3 is 0 Å². The molecule has 1 aromatic rings. The average Bonchev–Trinajstić information content (AvgIpc) is 2.71. The van der Waals surface area contributed by atoms with Gasteiger partial charge in [0, 0.05) is 25.3 Å².